The van der Waals surface area contributed by atoms with Gasteiger partial charge in [-0.1, -0.05) is 42.0 Å². The molecule has 0 aliphatic rings. The van der Waals surface area contributed by atoms with E-state index in [-0.39, 0.29) is 0 Å². The summed E-state index contributed by atoms with van der Waals surface area (Å²) < 4.78 is 0.704. The summed E-state index contributed by atoms with van der Waals surface area (Å²) in [7, 11) is 0. The lowest BCUT2D eigenvalue weighted by Crippen LogP contribution is -1.87. The first kappa shape index (κ1) is 9.09. The van der Waals surface area contributed by atoms with Gasteiger partial charge >= 0.3 is 0 Å². The molecular formula is C11H10N2S. The zero-order chi connectivity index (χ0) is 9.97. The molecule has 0 saturated carbocycles. The van der Waals surface area contributed by atoms with E-state index in [9.17, 15) is 0 Å². The van der Waals surface area contributed by atoms with Crippen molar-refractivity contribution in [2.24, 2.45) is 0 Å². The topological polar surface area (TPSA) is 28.7 Å². The third-order valence-corrected chi connectivity index (χ3v) is 2.23. The second-order valence-electron chi connectivity index (χ2n) is 3.15. The maximum atomic E-state index is 5.03. The Morgan fingerprint density at radius 2 is 1.86 bits per heavy atom. The molecule has 0 amide bonds. The molecule has 2 nitrogen and oxygen atoms in total. The van der Waals surface area contributed by atoms with Gasteiger partial charge in [0.1, 0.15) is 10.5 Å². The Morgan fingerprint density at radius 3 is 2.50 bits per heavy atom. The molecule has 2 rings (SSSR count). The number of H-pyrrole nitrogens is 1. The molecule has 0 bridgehead atoms. The van der Waals surface area contributed by atoms with Gasteiger partial charge in [-0.25, -0.2) is 4.98 Å². The molecule has 2 aromatic rings. The van der Waals surface area contributed by atoms with Crippen LogP contribution in [-0.2, 0) is 0 Å². The lowest BCUT2D eigenvalue weighted by Gasteiger charge is -2.00. The summed E-state index contributed by atoms with van der Waals surface area (Å²) in [5, 5.41) is 0. The highest BCUT2D eigenvalue weighted by atomic mass is 32.1. The van der Waals surface area contributed by atoms with Crippen molar-refractivity contribution in [3.05, 3.63) is 46.7 Å². The van der Waals surface area contributed by atoms with Crippen LogP contribution in [0.3, 0.4) is 0 Å². The van der Waals surface area contributed by atoms with Crippen LogP contribution in [0, 0.1) is 11.6 Å². The van der Waals surface area contributed by atoms with Gasteiger partial charge in [0.2, 0.25) is 0 Å². The molecule has 0 unspecified atom stereocenters. The minimum absolute atomic E-state index is 0.704. The van der Waals surface area contributed by atoms with E-state index in [0.717, 1.165) is 11.4 Å². The summed E-state index contributed by atoms with van der Waals surface area (Å²) in [4.78, 5) is 7.26. The number of hydrogen-bond acceptors (Lipinski definition) is 2. The third kappa shape index (κ3) is 1.88. The van der Waals surface area contributed by atoms with Crippen molar-refractivity contribution in [1.82, 2.24) is 9.97 Å². The fourth-order valence-corrected chi connectivity index (χ4v) is 1.39. The van der Waals surface area contributed by atoms with E-state index in [4.69, 9.17) is 12.2 Å². The van der Waals surface area contributed by atoms with Crippen molar-refractivity contribution in [2.45, 2.75) is 6.92 Å². The predicted octanol–water partition coefficient (Wildman–Crippen LogP) is 3.11. The van der Waals surface area contributed by atoms with Gasteiger partial charge in [0.15, 0.2) is 0 Å². The minimum Gasteiger partial charge on any atom is -0.331 e. The fraction of sp³-hybridized carbons (Fsp3) is 0.0909. The maximum absolute atomic E-state index is 5.03. The number of hydrogen-bond donors (Lipinski definition) is 1. The van der Waals surface area contributed by atoms with Crippen LogP contribution in [0.5, 0.6) is 0 Å². The summed E-state index contributed by atoms with van der Waals surface area (Å²) in [5.74, 6) is 0.817. The highest BCUT2D eigenvalue weighted by Crippen LogP contribution is 2.14. The Hall–Kier alpha value is -1.48. The van der Waals surface area contributed by atoms with Gasteiger partial charge in [-0.05, 0) is 13.0 Å². The van der Waals surface area contributed by atoms with E-state index in [1.165, 1.54) is 5.56 Å². The molecule has 70 valence electrons. The Kier molecular flexibility index (Phi) is 2.41. The van der Waals surface area contributed by atoms with E-state index in [1.54, 1.807) is 12.3 Å². The first-order valence-electron chi connectivity index (χ1n) is 4.38. The average Bonchev–Trinajstić information content (AvgIpc) is 2.19. The Bertz CT molecular complexity index is 485. The lowest BCUT2D eigenvalue weighted by molar-refractivity contribution is 1.16. The van der Waals surface area contributed by atoms with Crippen molar-refractivity contribution >= 4 is 12.2 Å². The number of benzene rings is 1. The zero-order valence-electron chi connectivity index (χ0n) is 7.82. The largest absolute Gasteiger partial charge is 0.331 e. The third-order valence-electron chi connectivity index (χ3n) is 2.00. The Labute approximate surface area is 87.7 Å². The standard InChI is InChI=1S/C11H10N2S/c1-8-2-4-9(5-3-8)11-12-7-6-10(14)13-11/h2-7H,1H3,(H,12,13,14). The van der Waals surface area contributed by atoms with Crippen LogP contribution in [-0.4, -0.2) is 9.97 Å². The molecule has 1 aromatic carbocycles. The molecule has 0 atom stereocenters. The molecule has 1 aromatic heterocycles. The summed E-state index contributed by atoms with van der Waals surface area (Å²) in [6.07, 6.45) is 1.72. The summed E-state index contributed by atoms with van der Waals surface area (Å²) in [5.41, 5.74) is 2.30. The van der Waals surface area contributed by atoms with Gasteiger partial charge in [0.05, 0.1) is 0 Å². The predicted molar refractivity (Wildman–Crippen MR) is 59.6 cm³/mol. The Balaban J connectivity index is 2.50. The van der Waals surface area contributed by atoms with Crippen LogP contribution >= 0.6 is 12.2 Å². The SMILES string of the molecule is Cc1ccc(-c2nccc(=S)[nH]2)cc1. The monoisotopic (exact) mass is 202 g/mol. The maximum Gasteiger partial charge on any atom is 0.138 e. The van der Waals surface area contributed by atoms with Crippen LogP contribution in [0.4, 0.5) is 0 Å². The van der Waals surface area contributed by atoms with Gasteiger partial charge in [-0.15, -0.1) is 0 Å². The van der Waals surface area contributed by atoms with Crippen LogP contribution < -0.4 is 0 Å². The van der Waals surface area contributed by atoms with Crippen LogP contribution in [0.2, 0.25) is 0 Å². The number of aryl methyl sites for hydroxylation is 1. The number of nitrogens with one attached hydrogen (secondary N) is 1. The van der Waals surface area contributed by atoms with Gasteiger partial charge in [0.25, 0.3) is 0 Å². The number of aromatic nitrogens is 2. The van der Waals surface area contributed by atoms with Crippen molar-refractivity contribution in [3.63, 3.8) is 0 Å². The summed E-state index contributed by atoms with van der Waals surface area (Å²) in [6, 6.07) is 9.95. The molecule has 0 aliphatic heterocycles. The molecule has 0 fully saturated rings. The molecule has 0 aliphatic carbocycles. The number of rotatable bonds is 1. The first-order chi connectivity index (χ1) is 6.75. The van der Waals surface area contributed by atoms with Gasteiger partial charge in [0, 0.05) is 11.8 Å². The van der Waals surface area contributed by atoms with Gasteiger partial charge in [-0.2, -0.15) is 0 Å². The van der Waals surface area contributed by atoms with Gasteiger partial charge in [-0.3, -0.25) is 0 Å². The molecule has 3 heteroatoms. The minimum atomic E-state index is 0.704. The molecule has 14 heavy (non-hydrogen) atoms. The molecule has 1 heterocycles. The highest BCUT2D eigenvalue weighted by molar-refractivity contribution is 7.71. The van der Waals surface area contributed by atoms with E-state index >= 15 is 0 Å². The highest BCUT2D eigenvalue weighted by Gasteiger charge is 1.97. The molecule has 0 spiro atoms. The summed E-state index contributed by atoms with van der Waals surface area (Å²) >= 11 is 5.03. The molecule has 0 radical (unpaired) electrons. The second kappa shape index (κ2) is 3.72. The van der Waals surface area contributed by atoms with E-state index < -0.39 is 0 Å². The molecule has 1 N–H and O–H groups in total. The van der Waals surface area contributed by atoms with Crippen molar-refractivity contribution in [2.75, 3.05) is 0 Å². The Morgan fingerprint density at radius 1 is 1.14 bits per heavy atom. The van der Waals surface area contributed by atoms with Gasteiger partial charge < -0.3 is 4.98 Å². The number of aromatic amines is 1. The van der Waals surface area contributed by atoms with Crippen molar-refractivity contribution < 1.29 is 0 Å². The summed E-state index contributed by atoms with van der Waals surface area (Å²) in [6.45, 7) is 2.06. The van der Waals surface area contributed by atoms with Crippen LogP contribution in [0.15, 0.2) is 36.5 Å². The van der Waals surface area contributed by atoms with E-state index in [0.29, 0.717) is 4.64 Å². The van der Waals surface area contributed by atoms with E-state index in [1.807, 2.05) is 12.1 Å². The second-order valence-corrected chi connectivity index (χ2v) is 3.59. The molecule has 0 saturated heterocycles. The smallest absolute Gasteiger partial charge is 0.138 e. The first-order valence-corrected chi connectivity index (χ1v) is 4.79. The number of nitrogens with zero attached hydrogens (tertiary/aromatic N) is 1. The normalized spacial score (nSPS) is 10.1. The fourth-order valence-electron chi connectivity index (χ4n) is 1.23. The lowest BCUT2D eigenvalue weighted by atomic mass is 10.1. The zero-order valence-corrected chi connectivity index (χ0v) is 8.64. The van der Waals surface area contributed by atoms with E-state index in [2.05, 4.69) is 29.0 Å². The van der Waals surface area contributed by atoms with Crippen molar-refractivity contribution in [3.8, 4) is 11.4 Å². The average molecular weight is 202 g/mol. The quantitative estimate of drug-likeness (QED) is 0.720. The molecular weight excluding hydrogens is 192 g/mol. The van der Waals surface area contributed by atoms with Crippen molar-refractivity contribution in [1.29, 1.82) is 0 Å². The van der Waals surface area contributed by atoms with Crippen LogP contribution in [0.25, 0.3) is 11.4 Å². The van der Waals surface area contributed by atoms with Crippen LogP contribution in [0.1, 0.15) is 5.56 Å².